The van der Waals surface area contributed by atoms with E-state index in [2.05, 4.69) is 15.0 Å². The van der Waals surface area contributed by atoms with Crippen molar-refractivity contribution in [2.24, 2.45) is 0 Å². The molecule has 0 spiro atoms. The van der Waals surface area contributed by atoms with Crippen LogP contribution in [0.25, 0.3) is 0 Å². The van der Waals surface area contributed by atoms with Crippen molar-refractivity contribution in [3.8, 4) is 5.75 Å². The number of ether oxygens (including phenoxy) is 1. The number of aryl methyl sites for hydroxylation is 1. The Kier molecular flexibility index (Phi) is 5.62. The van der Waals surface area contributed by atoms with Crippen LogP contribution >= 0.6 is 0 Å². The van der Waals surface area contributed by atoms with Gasteiger partial charge in [0.25, 0.3) is 5.91 Å². The Morgan fingerprint density at radius 1 is 1.33 bits per heavy atom. The SMILES string of the molecule is CCc1cc(C(=O)NCc2c(F)cccc2OC(F)F)cc(=O)[nH]1. The summed E-state index contributed by atoms with van der Waals surface area (Å²) in [4.78, 5) is 26.2. The highest BCUT2D eigenvalue weighted by Gasteiger charge is 2.15. The van der Waals surface area contributed by atoms with Gasteiger partial charge in [0.2, 0.25) is 5.56 Å². The minimum Gasteiger partial charge on any atom is -0.434 e. The van der Waals surface area contributed by atoms with Crippen molar-refractivity contribution in [3.63, 3.8) is 0 Å². The number of amides is 1. The van der Waals surface area contributed by atoms with E-state index in [0.29, 0.717) is 12.1 Å². The number of H-pyrrole nitrogens is 1. The fourth-order valence-electron chi connectivity index (χ4n) is 2.11. The zero-order valence-electron chi connectivity index (χ0n) is 12.7. The van der Waals surface area contributed by atoms with Crippen molar-refractivity contribution >= 4 is 5.91 Å². The molecule has 24 heavy (non-hydrogen) atoms. The first-order valence-electron chi connectivity index (χ1n) is 7.14. The number of pyridine rings is 1. The third-order valence-electron chi connectivity index (χ3n) is 3.26. The molecule has 1 amide bonds. The summed E-state index contributed by atoms with van der Waals surface area (Å²) < 4.78 is 42.8. The van der Waals surface area contributed by atoms with Crippen molar-refractivity contribution < 1.29 is 22.7 Å². The van der Waals surface area contributed by atoms with E-state index in [1.54, 1.807) is 6.92 Å². The van der Waals surface area contributed by atoms with Crippen LogP contribution in [0.1, 0.15) is 28.5 Å². The summed E-state index contributed by atoms with van der Waals surface area (Å²) in [5.41, 5.74) is 0.0300. The molecule has 0 bridgehead atoms. The third kappa shape index (κ3) is 4.37. The van der Waals surface area contributed by atoms with Crippen molar-refractivity contribution in [1.29, 1.82) is 0 Å². The Morgan fingerprint density at radius 2 is 2.08 bits per heavy atom. The lowest BCUT2D eigenvalue weighted by molar-refractivity contribution is -0.0506. The summed E-state index contributed by atoms with van der Waals surface area (Å²) >= 11 is 0. The molecule has 1 aromatic carbocycles. The van der Waals surface area contributed by atoms with Gasteiger partial charge in [0.15, 0.2) is 0 Å². The molecule has 0 fully saturated rings. The van der Waals surface area contributed by atoms with Crippen LogP contribution in [0.2, 0.25) is 0 Å². The molecule has 0 aliphatic rings. The van der Waals surface area contributed by atoms with Crippen LogP contribution in [-0.2, 0) is 13.0 Å². The quantitative estimate of drug-likeness (QED) is 0.849. The summed E-state index contributed by atoms with van der Waals surface area (Å²) in [7, 11) is 0. The van der Waals surface area contributed by atoms with E-state index in [-0.39, 0.29) is 23.4 Å². The van der Waals surface area contributed by atoms with E-state index < -0.39 is 23.9 Å². The largest absolute Gasteiger partial charge is 0.434 e. The van der Waals surface area contributed by atoms with Crippen molar-refractivity contribution in [3.05, 3.63) is 63.3 Å². The number of alkyl halides is 2. The fourth-order valence-corrected chi connectivity index (χ4v) is 2.11. The van der Waals surface area contributed by atoms with Gasteiger partial charge >= 0.3 is 6.61 Å². The van der Waals surface area contributed by atoms with Gasteiger partial charge < -0.3 is 15.0 Å². The van der Waals surface area contributed by atoms with E-state index in [4.69, 9.17) is 0 Å². The van der Waals surface area contributed by atoms with Gasteiger partial charge in [-0.25, -0.2) is 4.39 Å². The minimum atomic E-state index is -3.11. The molecule has 128 valence electrons. The lowest BCUT2D eigenvalue weighted by Crippen LogP contribution is -2.25. The van der Waals surface area contributed by atoms with E-state index in [9.17, 15) is 22.8 Å². The summed E-state index contributed by atoms with van der Waals surface area (Å²) in [6.07, 6.45) is 0.524. The highest BCUT2D eigenvalue weighted by molar-refractivity contribution is 5.94. The number of nitrogens with one attached hydrogen (secondary N) is 2. The molecule has 1 heterocycles. The fraction of sp³-hybridized carbons (Fsp3) is 0.250. The number of rotatable bonds is 6. The Labute approximate surface area is 135 Å². The second kappa shape index (κ2) is 7.67. The van der Waals surface area contributed by atoms with E-state index >= 15 is 0 Å². The molecule has 1 aromatic heterocycles. The van der Waals surface area contributed by atoms with Gasteiger partial charge in [0, 0.05) is 29.4 Å². The Balaban J connectivity index is 2.18. The Bertz CT molecular complexity index is 790. The molecule has 0 aliphatic heterocycles. The lowest BCUT2D eigenvalue weighted by Gasteiger charge is -2.12. The molecular weight excluding hydrogens is 325 g/mol. The molecule has 2 N–H and O–H groups in total. The molecule has 8 heteroatoms. The first-order valence-corrected chi connectivity index (χ1v) is 7.14. The standard InChI is InChI=1S/C16H15F3N2O3/c1-2-10-6-9(7-14(22)21-10)15(23)20-8-11-12(17)4-3-5-13(11)24-16(18)19/h3-7,16H,2,8H2,1H3,(H,20,23)(H,21,22). The van der Waals surface area contributed by atoms with Crippen molar-refractivity contribution in [2.75, 3.05) is 0 Å². The van der Waals surface area contributed by atoms with Crippen molar-refractivity contribution in [1.82, 2.24) is 10.3 Å². The summed E-state index contributed by atoms with van der Waals surface area (Å²) in [5.74, 6) is -1.76. The van der Waals surface area contributed by atoms with Crippen LogP contribution < -0.4 is 15.6 Å². The second-order valence-corrected chi connectivity index (χ2v) is 4.89. The monoisotopic (exact) mass is 340 g/mol. The molecule has 0 saturated heterocycles. The Morgan fingerprint density at radius 3 is 2.75 bits per heavy atom. The van der Waals surface area contributed by atoms with Crippen LogP contribution in [0, 0.1) is 5.82 Å². The van der Waals surface area contributed by atoms with Gasteiger partial charge in [0.05, 0.1) is 0 Å². The number of halogens is 3. The molecule has 0 saturated carbocycles. The number of aromatic nitrogens is 1. The number of carbonyl (C=O) groups excluding carboxylic acids is 1. The van der Waals surface area contributed by atoms with Gasteiger partial charge in [0.1, 0.15) is 11.6 Å². The smallest absolute Gasteiger partial charge is 0.387 e. The summed E-state index contributed by atoms with van der Waals surface area (Å²) in [6, 6.07) is 6.07. The highest BCUT2D eigenvalue weighted by Crippen LogP contribution is 2.23. The topological polar surface area (TPSA) is 71.2 Å². The van der Waals surface area contributed by atoms with Gasteiger partial charge in [-0.1, -0.05) is 13.0 Å². The number of carbonyl (C=O) groups is 1. The van der Waals surface area contributed by atoms with Gasteiger partial charge in [-0.3, -0.25) is 9.59 Å². The zero-order valence-corrected chi connectivity index (χ0v) is 12.7. The van der Waals surface area contributed by atoms with Gasteiger partial charge in [-0.05, 0) is 24.6 Å². The number of benzene rings is 1. The van der Waals surface area contributed by atoms with Crippen LogP contribution in [0.5, 0.6) is 5.75 Å². The first kappa shape index (κ1) is 17.6. The lowest BCUT2D eigenvalue weighted by atomic mass is 10.1. The summed E-state index contributed by atoms with van der Waals surface area (Å²) in [6.45, 7) is -1.66. The van der Waals surface area contributed by atoms with Gasteiger partial charge in [-0.2, -0.15) is 8.78 Å². The highest BCUT2D eigenvalue weighted by atomic mass is 19.3. The maximum absolute atomic E-state index is 13.8. The number of aromatic amines is 1. The molecule has 0 aliphatic carbocycles. The third-order valence-corrected chi connectivity index (χ3v) is 3.26. The number of hydrogen-bond acceptors (Lipinski definition) is 3. The second-order valence-electron chi connectivity index (χ2n) is 4.89. The van der Waals surface area contributed by atoms with Crippen molar-refractivity contribution in [2.45, 2.75) is 26.5 Å². The maximum atomic E-state index is 13.8. The van der Waals surface area contributed by atoms with Crippen LogP contribution in [0.4, 0.5) is 13.2 Å². The molecule has 0 atom stereocenters. The van der Waals surface area contributed by atoms with Crippen LogP contribution in [0.3, 0.4) is 0 Å². The first-order chi connectivity index (χ1) is 11.4. The average Bonchev–Trinajstić information content (AvgIpc) is 2.52. The molecule has 2 rings (SSSR count). The Hall–Kier alpha value is -2.77. The normalized spacial score (nSPS) is 10.7. The predicted molar refractivity (Wildman–Crippen MR) is 80.6 cm³/mol. The van der Waals surface area contributed by atoms with Crippen LogP contribution in [-0.4, -0.2) is 17.5 Å². The minimum absolute atomic E-state index is 0.100. The van der Waals surface area contributed by atoms with Crippen LogP contribution in [0.15, 0.2) is 35.1 Å². The van der Waals surface area contributed by atoms with E-state index in [0.717, 1.165) is 12.1 Å². The average molecular weight is 340 g/mol. The molecule has 0 unspecified atom stereocenters. The molecule has 5 nitrogen and oxygen atoms in total. The maximum Gasteiger partial charge on any atom is 0.387 e. The number of hydrogen-bond donors (Lipinski definition) is 2. The molecule has 0 radical (unpaired) electrons. The van der Waals surface area contributed by atoms with Gasteiger partial charge in [-0.15, -0.1) is 0 Å². The summed E-state index contributed by atoms with van der Waals surface area (Å²) in [5, 5.41) is 2.39. The van der Waals surface area contributed by atoms with E-state index in [1.807, 2.05) is 0 Å². The molecule has 2 aromatic rings. The van der Waals surface area contributed by atoms with E-state index in [1.165, 1.54) is 18.2 Å². The predicted octanol–water partition coefficient (Wildman–Crippen LogP) is 2.61. The zero-order chi connectivity index (χ0) is 17.7. The molecular formula is C16H15F3N2O3.